The van der Waals surface area contributed by atoms with Crippen LogP contribution in [0.1, 0.15) is 41.4 Å². The molecule has 224 valence electrons. The first-order valence-corrected chi connectivity index (χ1v) is 14.7. The number of likely N-dealkylation sites (N-methyl/N-ethyl adjacent to an activating group) is 1. The summed E-state index contributed by atoms with van der Waals surface area (Å²) in [6, 6.07) is 7.63. The summed E-state index contributed by atoms with van der Waals surface area (Å²) < 4.78 is 8.37. The number of carbonyl (C=O) groups is 1. The first-order chi connectivity index (χ1) is 19.8. The lowest BCUT2D eigenvalue weighted by atomic mass is 9.98. The van der Waals surface area contributed by atoms with E-state index in [9.17, 15) is 4.79 Å². The number of carbonyl (C=O) groups excluding carboxylic acids is 1. The van der Waals surface area contributed by atoms with Gasteiger partial charge in [0, 0.05) is 43.2 Å². The van der Waals surface area contributed by atoms with E-state index in [4.69, 9.17) is 9.72 Å². The fourth-order valence-corrected chi connectivity index (χ4v) is 5.53. The second-order valence-electron chi connectivity index (χ2n) is 11.2. The van der Waals surface area contributed by atoms with Gasteiger partial charge in [-0.3, -0.25) is 4.79 Å². The maximum Gasteiger partial charge on any atom is 0.225 e. The van der Waals surface area contributed by atoms with Crippen molar-refractivity contribution in [3.63, 3.8) is 0 Å². The Morgan fingerprint density at radius 1 is 1.12 bits per heavy atom. The van der Waals surface area contributed by atoms with Crippen LogP contribution in [-0.2, 0) is 17.8 Å². The number of anilines is 1. The molecule has 14 heteroatoms. The predicted molar refractivity (Wildman–Crippen MR) is 156 cm³/mol. The molecule has 0 bridgehead atoms. The van der Waals surface area contributed by atoms with Crippen LogP contribution in [-0.4, -0.2) is 92.9 Å². The molecule has 0 radical (unpaired) electrons. The Balaban J connectivity index is 0.00000405. The van der Waals surface area contributed by atoms with Crippen LogP contribution in [0.3, 0.4) is 0 Å². The van der Waals surface area contributed by atoms with Gasteiger partial charge in [-0.05, 0) is 59.5 Å². The largest absolute Gasteiger partial charge is 1.00 e. The van der Waals surface area contributed by atoms with Crippen molar-refractivity contribution in [2.75, 3.05) is 52.2 Å². The molecule has 4 aromatic rings. The minimum absolute atomic E-state index is 0. The number of piperidine rings is 1. The molecule has 1 saturated heterocycles. The Kier molecular flexibility index (Phi) is 10.8. The predicted octanol–water partition coefficient (Wildman–Crippen LogP) is -0.369. The average molecular weight is 613 g/mol. The Morgan fingerprint density at radius 2 is 1.86 bits per heavy atom. The lowest BCUT2D eigenvalue weighted by Gasteiger charge is -2.31. The van der Waals surface area contributed by atoms with E-state index < -0.39 is 0 Å². The number of rotatable bonds is 12. The molecule has 1 fully saturated rings. The second-order valence-corrected chi connectivity index (χ2v) is 12.1. The van der Waals surface area contributed by atoms with Crippen LogP contribution in [0.2, 0.25) is 0 Å². The van der Waals surface area contributed by atoms with Crippen LogP contribution in [0, 0.1) is 0 Å². The summed E-state index contributed by atoms with van der Waals surface area (Å²) in [6.07, 6.45) is 8.34. The molecule has 5 rings (SSSR count). The quantitative estimate of drug-likeness (QED) is 0.213. The van der Waals surface area contributed by atoms with Gasteiger partial charge in [-0.1, -0.05) is 0 Å². The van der Waals surface area contributed by atoms with Crippen LogP contribution < -0.4 is 27.4 Å². The standard InChI is InChI=1S/C28H36N10O2S.ClH/c1-38(2,3)15-12-29-26(39)9-4-21-16-30-28(31-17-21)36-13-10-22(11-14-36)27-33-23(19-41-27)18-40-25-7-5-24(6-8-25)37-20-32-34-35-37;/h5-8,16-17,19-20,22H,4,9-15,18H2,1-3H3;1H. The van der Waals surface area contributed by atoms with E-state index in [1.54, 1.807) is 22.3 Å². The number of aryl methyl sites for hydroxylation is 1. The van der Waals surface area contributed by atoms with Crippen LogP contribution >= 0.6 is 11.3 Å². The first-order valence-electron chi connectivity index (χ1n) is 13.9. The summed E-state index contributed by atoms with van der Waals surface area (Å²) in [4.78, 5) is 28.4. The number of aromatic nitrogens is 7. The maximum atomic E-state index is 12.1. The van der Waals surface area contributed by atoms with Crippen LogP contribution in [0.4, 0.5) is 5.95 Å². The molecule has 1 amide bonds. The molecule has 42 heavy (non-hydrogen) atoms. The van der Waals surface area contributed by atoms with Gasteiger partial charge in [0.15, 0.2) is 0 Å². The van der Waals surface area contributed by atoms with Crippen molar-refractivity contribution >= 4 is 23.2 Å². The highest BCUT2D eigenvalue weighted by molar-refractivity contribution is 7.09. The summed E-state index contributed by atoms with van der Waals surface area (Å²) in [5.41, 5.74) is 2.79. The number of amides is 1. The summed E-state index contributed by atoms with van der Waals surface area (Å²) in [5.74, 6) is 2.02. The highest BCUT2D eigenvalue weighted by Gasteiger charge is 2.24. The molecule has 1 N–H and O–H groups in total. The molecule has 0 unspecified atom stereocenters. The zero-order chi connectivity index (χ0) is 28.7. The van der Waals surface area contributed by atoms with Gasteiger partial charge in [0.25, 0.3) is 0 Å². The molecule has 0 aliphatic carbocycles. The van der Waals surface area contributed by atoms with Gasteiger partial charge in [-0.2, -0.15) is 0 Å². The van der Waals surface area contributed by atoms with E-state index in [0.717, 1.165) is 70.6 Å². The second kappa shape index (κ2) is 14.5. The zero-order valence-electron chi connectivity index (χ0n) is 24.2. The lowest BCUT2D eigenvalue weighted by molar-refractivity contribution is -0.869. The lowest BCUT2D eigenvalue weighted by Crippen LogP contribution is -3.00. The molecule has 1 aromatic carbocycles. The maximum absolute atomic E-state index is 12.1. The molecule has 0 saturated carbocycles. The third-order valence-electron chi connectivity index (χ3n) is 6.97. The smallest absolute Gasteiger partial charge is 0.225 e. The van der Waals surface area contributed by atoms with Crippen molar-refractivity contribution in [2.45, 2.75) is 38.2 Å². The third-order valence-corrected chi connectivity index (χ3v) is 8.03. The molecular weight excluding hydrogens is 576 g/mol. The fraction of sp³-hybridized carbons (Fsp3) is 0.464. The number of nitrogens with zero attached hydrogens (tertiary/aromatic N) is 9. The van der Waals surface area contributed by atoms with Gasteiger partial charge < -0.3 is 31.8 Å². The minimum Gasteiger partial charge on any atom is -1.00 e. The van der Waals surface area contributed by atoms with Crippen LogP contribution in [0.25, 0.3) is 5.69 Å². The van der Waals surface area contributed by atoms with Crippen molar-refractivity contribution in [1.82, 2.24) is 40.5 Å². The summed E-state index contributed by atoms with van der Waals surface area (Å²) in [7, 11) is 6.34. The number of quaternary nitrogens is 1. The van der Waals surface area contributed by atoms with Gasteiger partial charge in [0.1, 0.15) is 18.7 Å². The number of hydrogen-bond acceptors (Lipinski definition) is 10. The van der Waals surface area contributed by atoms with E-state index >= 15 is 0 Å². The number of hydrogen-bond donors (Lipinski definition) is 1. The van der Waals surface area contributed by atoms with Gasteiger partial charge in [0.05, 0.1) is 50.6 Å². The fourth-order valence-electron chi connectivity index (χ4n) is 4.55. The summed E-state index contributed by atoms with van der Waals surface area (Å²) >= 11 is 1.70. The Bertz CT molecular complexity index is 1380. The van der Waals surface area contributed by atoms with E-state index in [-0.39, 0.29) is 18.3 Å². The number of nitrogens with one attached hydrogen (secondary N) is 1. The monoisotopic (exact) mass is 612 g/mol. The van der Waals surface area contributed by atoms with E-state index in [1.807, 2.05) is 36.7 Å². The normalized spacial score (nSPS) is 13.9. The van der Waals surface area contributed by atoms with Crippen LogP contribution in [0.5, 0.6) is 5.75 Å². The SMILES string of the molecule is C[N+](C)(C)CCNC(=O)CCc1cnc(N2CCC(c3nc(COc4ccc(-n5cnnn5)cc4)cs3)CC2)nc1.[Cl-]. The van der Waals surface area contributed by atoms with Crippen molar-refractivity contribution in [3.8, 4) is 11.4 Å². The van der Waals surface area contributed by atoms with E-state index in [0.29, 0.717) is 31.9 Å². The zero-order valence-corrected chi connectivity index (χ0v) is 25.8. The Hall–Kier alpha value is -3.68. The minimum atomic E-state index is 0. The number of halogens is 1. The topological polar surface area (TPSA) is 124 Å². The highest BCUT2D eigenvalue weighted by Crippen LogP contribution is 2.31. The van der Waals surface area contributed by atoms with Crippen molar-refractivity contribution in [2.24, 2.45) is 0 Å². The van der Waals surface area contributed by atoms with Crippen LogP contribution in [0.15, 0.2) is 48.4 Å². The van der Waals surface area contributed by atoms with E-state index in [1.165, 1.54) is 0 Å². The summed E-state index contributed by atoms with van der Waals surface area (Å²) in [5, 5.41) is 17.4. The van der Waals surface area contributed by atoms with Gasteiger partial charge in [-0.25, -0.2) is 19.6 Å². The number of ether oxygens (including phenoxy) is 1. The first kappa shape index (κ1) is 31.3. The molecular formula is C28H37ClN10O2S. The molecule has 0 spiro atoms. The third kappa shape index (κ3) is 8.91. The molecule has 12 nitrogen and oxygen atoms in total. The van der Waals surface area contributed by atoms with E-state index in [2.05, 4.69) is 62.2 Å². The number of tetrazole rings is 1. The van der Waals surface area contributed by atoms with Gasteiger partial charge in [-0.15, -0.1) is 16.4 Å². The van der Waals surface area contributed by atoms with Crippen molar-refractivity contribution in [3.05, 3.63) is 64.6 Å². The average Bonchev–Trinajstić information content (AvgIpc) is 3.68. The van der Waals surface area contributed by atoms with Gasteiger partial charge >= 0.3 is 0 Å². The molecule has 3 aromatic heterocycles. The van der Waals surface area contributed by atoms with Crippen molar-refractivity contribution < 1.29 is 26.4 Å². The molecule has 4 heterocycles. The van der Waals surface area contributed by atoms with Gasteiger partial charge in [0.2, 0.25) is 11.9 Å². The molecule has 0 atom stereocenters. The Labute approximate surface area is 256 Å². The number of benzene rings is 1. The molecule has 1 aliphatic rings. The van der Waals surface area contributed by atoms with Crippen molar-refractivity contribution in [1.29, 1.82) is 0 Å². The number of thiazole rings is 1. The highest BCUT2D eigenvalue weighted by atomic mass is 35.5. The summed E-state index contributed by atoms with van der Waals surface area (Å²) in [6.45, 7) is 3.79. The Morgan fingerprint density at radius 3 is 2.52 bits per heavy atom. The molecule has 1 aliphatic heterocycles.